The van der Waals surface area contributed by atoms with E-state index in [0.717, 1.165) is 12.0 Å². The van der Waals surface area contributed by atoms with Crippen molar-refractivity contribution < 1.29 is 9.59 Å². The topological polar surface area (TPSA) is 77.5 Å². The molecule has 18 heavy (non-hydrogen) atoms. The Balaban J connectivity index is 2.83. The summed E-state index contributed by atoms with van der Waals surface area (Å²) in [7, 11) is 0. The standard InChI is InChI=1S/C12H15N3O2S/c1-6-8(10(13)17)18-11-14-9(12(2,3)4)7(5-16)15(6)11/h5H,1-4H3,(H2,13,17). The average Bonchev–Trinajstić information content (AvgIpc) is 2.75. The van der Waals surface area contributed by atoms with Gasteiger partial charge in [-0.3, -0.25) is 14.0 Å². The second-order valence-electron chi connectivity index (χ2n) is 5.21. The quantitative estimate of drug-likeness (QED) is 0.842. The van der Waals surface area contributed by atoms with Crippen LogP contribution < -0.4 is 5.73 Å². The van der Waals surface area contributed by atoms with E-state index in [1.165, 1.54) is 11.3 Å². The molecule has 0 fully saturated rings. The summed E-state index contributed by atoms with van der Waals surface area (Å²) in [5.74, 6) is -0.489. The number of imidazole rings is 1. The van der Waals surface area contributed by atoms with Gasteiger partial charge in [-0.25, -0.2) is 4.98 Å². The Hall–Kier alpha value is -1.69. The smallest absolute Gasteiger partial charge is 0.260 e. The Labute approximate surface area is 109 Å². The van der Waals surface area contributed by atoms with E-state index < -0.39 is 5.91 Å². The van der Waals surface area contributed by atoms with Gasteiger partial charge < -0.3 is 5.73 Å². The van der Waals surface area contributed by atoms with Gasteiger partial charge in [0.05, 0.1) is 5.69 Å². The molecule has 0 aliphatic rings. The van der Waals surface area contributed by atoms with Gasteiger partial charge in [0, 0.05) is 11.1 Å². The van der Waals surface area contributed by atoms with E-state index in [-0.39, 0.29) is 5.41 Å². The van der Waals surface area contributed by atoms with Gasteiger partial charge in [0.1, 0.15) is 10.6 Å². The number of carbonyl (C=O) groups excluding carboxylic acids is 2. The third-order valence-corrected chi connectivity index (χ3v) is 3.94. The van der Waals surface area contributed by atoms with Crippen molar-refractivity contribution in [3.63, 3.8) is 0 Å². The molecule has 0 aliphatic carbocycles. The van der Waals surface area contributed by atoms with Crippen LogP contribution in [0.2, 0.25) is 0 Å². The van der Waals surface area contributed by atoms with Crippen molar-refractivity contribution in [2.24, 2.45) is 5.73 Å². The fourth-order valence-electron chi connectivity index (χ4n) is 1.96. The number of hydrogen-bond donors (Lipinski definition) is 1. The molecule has 0 spiro atoms. The van der Waals surface area contributed by atoms with Gasteiger partial charge in [0.25, 0.3) is 5.91 Å². The highest BCUT2D eigenvalue weighted by Gasteiger charge is 2.27. The molecule has 2 aromatic rings. The number of rotatable bonds is 2. The maximum Gasteiger partial charge on any atom is 0.260 e. The van der Waals surface area contributed by atoms with E-state index in [2.05, 4.69) is 4.98 Å². The Morgan fingerprint density at radius 3 is 2.50 bits per heavy atom. The molecule has 0 unspecified atom stereocenters. The minimum atomic E-state index is -0.489. The number of hydrogen-bond acceptors (Lipinski definition) is 4. The van der Waals surface area contributed by atoms with Crippen LogP contribution in [0.3, 0.4) is 0 Å². The number of nitrogens with two attached hydrogens (primary N) is 1. The monoisotopic (exact) mass is 265 g/mol. The highest BCUT2D eigenvalue weighted by atomic mass is 32.1. The van der Waals surface area contributed by atoms with Gasteiger partial charge in [0.15, 0.2) is 11.2 Å². The third-order valence-electron chi connectivity index (χ3n) is 2.79. The Kier molecular flexibility index (Phi) is 2.77. The Morgan fingerprint density at radius 1 is 1.44 bits per heavy atom. The molecule has 1 amide bonds. The number of nitrogens with zero attached hydrogens (tertiary/aromatic N) is 2. The van der Waals surface area contributed by atoms with E-state index in [0.29, 0.717) is 21.2 Å². The molecule has 0 bridgehead atoms. The van der Waals surface area contributed by atoms with Crippen LogP contribution >= 0.6 is 11.3 Å². The molecule has 0 radical (unpaired) electrons. The minimum Gasteiger partial charge on any atom is -0.365 e. The molecule has 0 aromatic carbocycles. The zero-order chi connectivity index (χ0) is 13.7. The van der Waals surface area contributed by atoms with Gasteiger partial charge in [-0.15, -0.1) is 0 Å². The highest BCUT2D eigenvalue weighted by Crippen LogP contribution is 2.30. The van der Waals surface area contributed by atoms with E-state index in [9.17, 15) is 9.59 Å². The van der Waals surface area contributed by atoms with Crippen LogP contribution in [-0.4, -0.2) is 21.6 Å². The summed E-state index contributed by atoms with van der Waals surface area (Å²) in [6, 6.07) is 0. The number of fused-ring (bicyclic) bond motifs is 1. The maximum absolute atomic E-state index is 11.3. The summed E-state index contributed by atoms with van der Waals surface area (Å²) in [5, 5.41) is 0. The first-order valence-electron chi connectivity index (χ1n) is 5.54. The largest absolute Gasteiger partial charge is 0.365 e. The lowest BCUT2D eigenvalue weighted by Crippen LogP contribution is -2.15. The zero-order valence-electron chi connectivity index (χ0n) is 10.8. The molecule has 96 valence electrons. The average molecular weight is 265 g/mol. The maximum atomic E-state index is 11.3. The molecule has 2 N–H and O–H groups in total. The lowest BCUT2D eigenvalue weighted by atomic mass is 9.91. The number of primary amides is 1. The van der Waals surface area contributed by atoms with Crippen molar-refractivity contribution in [1.82, 2.24) is 9.38 Å². The van der Waals surface area contributed by atoms with Gasteiger partial charge in [0.2, 0.25) is 0 Å². The first-order valence-corrected chi connectivity index (χ1v) is 6.36. The fourth-order valence-corrected chi connectivity index (χ4v) is 2.95. The summed E-state index contributed by atoms with van der Waals surface area (Å²) in [4.78, 5) is 28.1. The number of carbonyl (C=O) groups is 2. The van der Waals surface area contributed by atoms with Crippen LogP contribution in [0.1, 0.15) is 52.3 Å². The van der Waals surface area contributed by atoms with Crippen LogP contribution in [0.15, 0.2) is 0 Å². The van der Waals surface area contributed by atoms with Gasteiger partial charge in [-0.05, 0) is 6.92 Å². The Morgan fingerprint density at radius 2 is 2.06 bits per heavy atom. The van der Waals surface area contributed by atoms with E-state index in [4.69, 9.17) is 5.73 Å². The first-order chi connectivity index (χ1) is 8.27. The van der Waals surface area contributed by atoms with Gasteiger partial charge in [-0.1, -0.05) is 32.1 Å². The number of thiazole rings is 1. The first kappa shape index (κ1) is 12.8. The molecule has 0 saturated heterocycles. The Bertz CT molecular complexity index is 646. The molecule has 6 heteroatoms. The van der Waals surface area contributed by atoms with Crippen molar-refractivity contribution in [2.75, 3.05) is 0 Å². The van der Waals surface area contributed by atoms with E-state index >= 15 is 0 Å². The van der Waals surface area contributed by atoms with E-state index in [1.807, 2.05) is 20.8 Å². The number of amides is 1. The summed E-state index contributed by atoms with van der Waals surface area (Å²) >= 11 is 1.22. The predicted molar refractivity (Wildman–Crippen MR) is 70.4 cm³/mol. The molecular formula is C12H15N3O2S. The van der Waals surface area contributed by atoms with Crippen molar-refractivity contribution in [2.45, 2.75) is 33.1 Å². The van der Waals surface area contributed by atoms with Crippen molar-refractivity contribution >= 4 is 28.5 Å². The van der Waals surface area contributed by atoms with Crippen molar-refractivity contribution in [1.29, 1.82) is 0 Å². The second-order valence-corrected chi connectivity index (χ2v) is 6.19. The summed E-state index contributed by atoms with van der Waals surface area (Å²) in [6.07, 6.45) is 0.783. The second kappa shape index (κ2) is 3.91. The van der Waals surface area contributed by atoms with Crippen molar-refractivity contribution in [3.8, 4) is 0 Å². The van der Waals surface area contributed by atoms with Crippen LogP contribution in [0.4, 0.5) is 0 Å². The van der Waals surface area contributed by atoms with Crippen LogP contribution in [0, 0.1) is 6.92 Å². The molecule has 2 rings (SSSR count). The SMILES string of the molecule is Cc1c(C(N)=O)sc2nc(C(C)(C)C)c(C=O)n12. The summed E-state index contributed by atoms with van der Waals surface area (Å²) in [5.41, 5.74) is 6.99. The van der Waals surface area contributed by atoms with E-state index in [1.54, 1.807) is 11.3 Å². The molecule has 2 heterocycles. The third kappa shape index (κ3) is 1.73. The molecule has 0 aliphatic heterocycles. The number of aldehydes is 1. The van der Waals surface area contributed by atoms with Gasteiger partial charge >= 0.3 is 0 Å². The van der Waals surface area contributed by atoms with Crippen molar-refractivity contribution in [3.05, 3.63) is 22.0 Å². The van der Waals surface area contributed by atoms with Crippen LogP contribution in [0.25, 0.3) is 4.96 Å². The van der Waals surface area contributed by atoms with Crippen LogP contribution in [-0.2, 0) is 5.41 Å². The lowest BCUT2D eigenvalue weighted by Gasteiger charge is -2.15. The summed E-state index contributed by atoms with van der Waals surface area (Å²) < 4.78 is 1.71. The fraction of sp³-hybridized carbons (Fsp3) is 0.417. The summed E-state index contributed by atoms with van der Waals surface area (Å²) in [6.45, 7) is 7.76. The number of aromatic nitrogens is 2. The highest BCUT2D eigenvalue weighted by molar-refractivity contribution is 7.19. The molecule has 2 aromatic heterocycles. The lowest BCUT2D eigenvalue weighted by molar-refractivity contribution is 0.100. The van der Waals surface area contributed by atoms with Gasteiger partial charge in [-0.2, -0.15) is 0 Å². The zero-order valence-corrected chi connectivity index (χ0v) is 11.6. The number of aryl methyl sites for hydroxylation is 1. The predicted octanol–water partition coefficient (Wildman–Crippen LogP) is 1.91. The van der Waals surface area contributed by atoms with Crippen LogP contribution in [0.5, 0.6) is 0 Å². The molecule has 5 nitrogen and oxygen atoms in total. The molecular weight excluding hydrogens is 250 g/mol. The molecule has 0 saturated carbocycles. The normalized spacial score (nSPS) is 12.0. The minimum absolute atomic E-state index is 0.221. The molecule has 0 atom stereocenters.